The van der Waals surface area contributed by atoms with Gasteiger partial charge in [0.15, 0.2) is 0 Å². The second-order valence-corrected chi connectivity index (χ2v) is 4.61. The fraction of sp³-hybridized carbons (Fsp3) is 0.286. The highest BCUT2D eigenvalue weighted by atomic mass is 15.1. The summed E-state index contributed by atoms with van der Waals surface area (Å²) >= 11 is 0. The molecule has 0 atom stereocenters. The molecule has 1 aromatic carbocycles. The molecule has 90 valence electrons. The lowest BCUT2D eigenvalue weighted by molar-refractivity contribution is 0.389. The molecule has 0 bridgehead atoms. The maximum Gasteiger partial charge on any atom is 0.0473 e. The van der Waals surface area contributed by atoms with Crippen LogP contribution in [0.4, 0.5) is 5.69 Å². The van der Waals surface area contributed by atoms with Crippen LogP contribution in [0.3, 0.4) is 0 Å². The molecule has 0 saturated heterocycles. The molecule has 0 aliphatic rings. The van der Waals surface area contributed by atoms with Gasteiger partial charge in [-0.1, -0.05) is 12.1 Å². The summed E-state index contributed by atoms with van der Waals surface area (Å²) < 4.78 is 2.27. The van der Waals surface area contributed by atoms with Gasteiger partial charge in [0.25, 0.3) is 0 Å². The Bertz CT molecular complexity index is 468. The van der Waals surface area contributed by atoms with E-state index in [-0.39, 0.29) is 0 Å². The lowest BCUT2D eigenvalue weighted by atomic mass is 10.2. The van der Waals surface area contributed by atoms with Crippen LogP contribution in [0, 0.1) is 0 Å². The molecular formula is C14H19N3. The second-order valence-electron chi connectivity index (χ2n) is 4.61. The number of benzene rings is 1. The zero-order chi connectivity index (χ0) is 12.3. The van der Waals surface area contributed by atoms with E-state index in [0.717, 1.165) is 18.8 Å². The molecule has 0 spiro atoms. The van der Waals surface area contributed by atoms with Gasteiger partial charge in [0.05, 0.1) is 0 Å². The molecule has 1 aromatic heterocycles. The SMILES string of the molecule is CN(C)Cc1cccn1Cc1ccc(N)cc1. The summed E-state index contributed by atoms with van der Waals surface area (Å²) in [5.74, 6) is 0. The summed E-state index contributed by atoms with van der Waals surface area (Å²) in [5.41, 5.74) is 9.10. The van der Waals surface area contributed by atoms with Gasteiger partial charge in [-0.2, -0.15) is 0 Å². The van der Waals surface area contributed by atoms with Crippen LogP contribution in [0.1, 0.15) is 11.3 Å². The van der Waals surface area contributed by atoms with Crippen LogP contribution < -0.4 is 5.73 Å². The van der Waals surface area contributed by atoms with Crippen LogP contribution in [0.2, 0.25) is 0 Å². The zero-order valence-electron chi connectivity index (χ0n) is 10.4. The van der Waals surface area contributed by atoms with E-state index in [9.17, 15) is 0 Å². The Hall–Kier alpha value is -1.74. The minimum absolute atomic E-state index is 0.815. The van der Waals surface area contributed by atoms with Gasteiger partial charge in [-0.3, -0.25) is 0 Å². The van der Waals surface area contributed by atoms with Crippen LogP contribution in [-0.4, -0.2) is 23.6 Å². The summed E-state index contributed by atoms with van der Waals surface area (Å²) in [5, 5.41) is 0. The number of aromatic nitrogens is 1. The Morgan fingerprint density at radius 2 is 1.82 bits per heavy atom. The first-order chi connectivity index (χ1) is 8.15. The third kappa shape index (κ3) is 3.11. The maximum absolute atomic E-state index is 5.68. The van der Waals surface area contributed by atoms with Crippen molar-refractivity contribution in [3.05, 3.63) is 53.9 Å². The molecule has 17 heavy (non-hydrogen) atoms. The van der Waals surface area contributed by atoms with Gasteiger partial charge in [0.2, 0.25) is 0 Å². The summed E-state index contributed by atoms with van der Waals surface area (Å²) in [6.45, 7) is 1.86. The fourth-order valence-electron chi connectivity index (χ4n) is 1.89. The predicted octanol–water partition coefficient (Wildman–Crippen LogP) is 2.18. The molecule has 0 radical (unpaired) electrons. The molecule has 0 saturated carbocycles. The molecule has 1 heterocycles. The average Bonchev–Trinajstić information content (AvgIpc) is 2.68. The van der Waals surface area contributed by atoms with Gasteiger partial charge < -0.3 is 15.2 Å². The first-order valence-electron chi connectivity index (χ1n) is 5.78. The van der Waals surface area contributed by atoms with E-state index in [1.165, 1.54) is 11.3 Å². The van der Waals surface area contributed by atoms with Gasteiger partial charge in [0, 0.05) is 30.7 Å². The number of nitrogens with two attached hydrogens (primary N) is 1. The van der Waals surface area contributed by atoms with Crippen molar-refractivity contribution in [2.24, 2.45) is 0 Å². The molecule has 2 N–H and O–H groups in total. The van der Waals surface area contributed by atoms with Gasteiger partial charge in [-0.25, -0.2) is 0 Å². The van der Waals surface area contributed by atoms with E-state index in [1.54, 1.807) is 0 Å². The molecule has 2 rings (SSSR count). The highest BCUT2D eigenvalue weighted by molar-refractivity contribution is 5.39. The van der Waals surface area contributed by atoms with E-state index in [1.807, 2.05) is 12.1 Å². The molecule has 0 aliphatic carbocycles. The van der Waals surface area contributed by atoms with Crippen LogP contribution in [0.25, 0.3) is 0 Å². The topological polar surface area (TPSA) is 34.2 Å². The first kappa shape index (κ1) is 11.7. The highest BCUT2D eigenvalue weighted by Gasteiger charge is 2.02. The van der Waals surface area contributed by atoms with Crippen molar-refractivity contribution in [2.75, 3.05) is 19.8 Å². The largest absolute Gasteiger partial charge is 0.399 e. The van der Waals surface area contributed by atoms with E-state index < -0.39 is 0 Å². The van der Waals surface area contributed by atoms with Crippen molar-refractivity contribution in [3.8, 4) is 0 Å². The normalized spacial score (nSPS) is 11.0. The molecule has 0 aliphatic heterocycles. The Morgan fingerprint density at radius 1 is 1.12 bits per heavy atom. The quantitative estimate of drug-likeness (QED) is 0.815. The van der Waals surface area contributed by atoms with E-state index in [0.29, 0.717) is 0 Å². The third-order valence-electron chi connectivity index (χ3n) is 2.73. The minimum atomic E-state index is 0.815. The van der Waals surface area contributed by atoms with Crippen LogP contribution >= 0.6 is 0 Å². The molecule has 0 unspecified atom stereocenters. The summed E-state index contributed by atoms with van der Waals surface area (Å²) in [4.78, 5) is 2.18. The Balaban J connectivity index is 2.13. The number of nitrogen functional groups attached to an aromatic ring is 1. The number of anilines is 1. The van der Waals surface area contributed by atoms with Gasteiger partial charge >= 0.3 is 0 Å². The van der Waals surface area contributed by atoms with Crippen LogP contribution in [0.15, 0.2) is 42.6 Å². The molecule has 3 heteroatoms. The fourth-order valence-corrected chi connectivity index (χ4v) is 1.89. The molecule has 2 aromatic rings. The van der Waals surface area contributed by atoms with Crippen molar-refractivity contribution >= 4 is 5.69 Å². The van der Waals surface area contributed by atoms with E-state index >= 15 is 0 Å². The van der Waals surface area contributed by atoms with Crippen molar-refractivity contribution in [2.45, 2.75) is 13.1 Å². The van der Waals surface area contributed by atoms with Gasteiger partial charge in [-0.05, 0) is 43.9 Å². The lowest BCUT2D eigenvalue weighted by Gasteiger charge is -2.13. The van der Waals surface area contributed by atoms with E-state index in [4.69, 9.17) is 5.73 Å². The number of nitrogens with zero attached hydrogens (tertiary/aromatic N) is 2. The zero-order valence-corrected chi connectivity index (χ0v) is 10.4. The number of hydrogen-bond acceptors (Lipinski definition) is 2. The average molecular weight is 229 g/mol. The maximum atomic E-state index is 5.68. The smallest absolute Gasteiger partial charge is 0.0473 e. The van der Waals surface area contributed by atoms with Gasteiger partial charge in [-0.15, -0.1) is 0 Å². The molecule has 3 nitrogen and oxygen atoms in total. The lowest BCUT2D eigenvalue weighted by Crippen LogP contribution is -2.14. The van der Waals surface area contributed by atoms with Crippen LogP contribution in [-0.2, 0) is 13.1 Å². The second kappa shape index (κ2) is 5.06. The van der Waals surface area contributed by atoms with Gasteiger partial charge in [0.1, 0.15) is 0 Å². The third-order valence-corrected chi connectivity index (χ3v) is 2.73. The Morgan fingerprint density at radius 3 is 2.47 bits per heavy atom. The van der Waals surface area contributed by atoms with E-state index in [2.05, 4.69) is 54.0 Å². The van der Waals surface area contributed by atoms with Crippen molar-refractivity contribution in [3.63, 3.8) is 0 Å². The molecule has 0 amide bonds. The summed E-state index contributed by atoms with van der Waals surface area (Å²) in [6.07, 6.45) is 2.12. The summed E-state index contributed by atoms with van der Waals surface area (Å²) in [7, 11) is 4.17. The van der Waals surface area contributed by atoms with Crippen molar-refractivity contribution in [1.29, 1.82) is 0 Å². The van der Waals surface area contributed by atoms with Crippen molar-refractivity contribution in [1.82, 2.24) is 9.47 Å². The first-order valence-corrected chi connectivity index (χ1v) is 5.78. The predicted molar refractivity (Wildman–Crippen MR) is 71.8 cm³/mol. The number of rotatable bonds is 4. The monoisotopic (exact) mass is 229 g/mol. The van der Waals surface area contributed by atoms with Crippen molar-refractivity contribution < 1.29 is 0 Å². The number of hydrogen-bond donors (Lipinski definition) is 1. The standard InChI is InChI=1S/C14H19N3/c1-16(2)11-14-4-3-9-17(14)10-12-5-7-13(15)8-6-12/h3-9H,10-11,15H2,1-2H3. The molecular weight excluding hydrogens is 210 g/mol. The molecule has 0 fully saturated rings. The Kier molecular flexibility index (Phi) is 3.49. The minimum Gasteiger partial charge on any atom is -0.399 e. The Labute approximate surface area is 102 Å². The van der Waals surface area contributed by atoms with Crippen LogP contribution in [0.5, 0.6) is 0 Å². The summed E-state index contributed by atoms with van der Waals surface area (Å²) in [6, 6.07) is 12.3. The highest BCUT2D eigenvalue weighted by Crippen LogP contribution is 2.11.